The Kier molecular flexibility index (Phi) is 5.59. The fourth-order valence-electron chi connectivity index (χ4n) is 3.68. The molecule has 0 aromatic rings. The summed E-state index contributed by atoms with van der Waals surface area (Å²) in [4.78, 5) is 29.7. The van der Waals surface area contributed by atoms with Gasteiger partial charge in [-0.05, 0) is 32.2 Å². The molecular weight excluding hydrogens is 296 g/mol. The highest BCUT2D eigenvalue weighted by molar-refractivity contribution is 5.76. The smallest absolute Gasteiger partial charge is 0.409 e. The number of nitrogens with zero attached hydrogens (tertiary/aromatic N) is 3. The van der Waals surface area contributed by atoms with E-state index >= 15 is 0 Å². The van der Waals surface area contributed by atoms with Crippen molar-refractivity contribution in [2.24, 2.45) is 0 Å². The van der Waals surface area contributed by atoms with Crippen LogP contribution in [0, 0.1) is 0 Å². The SMILES string of the molecule is O=C1NCCN1CCN1CCCCC1COC(=O)N1CCCC1. The highest BCUT2D eigenvalue weighted by Gasteiger charge is 2.27. The van der Waals surface area contributed by atoms with Crippen LogP contribution in [-0.4, -0.2) is 85.3 Å². The number of carbonyl (C=O) groups excluding carboxylic acids is 2. The highest BCUT2D eigenvalue weighted by atomic mass is 16.6. The van der Waals surface area contributed by atoms with Crippen molar-refractivity contribution in [3.8, 4) is 0 Å². The summed E-state index contributed by atoms with van der Waals surface area (Å²) in [5.74, 6) is 0. The molecule has 3 rings (SSSR count). The zero-order valence-corrected chi connectivity index (χ0v) is 13.8. The van der Waals surface area contributed by atoms with Crippen molar-refractivity contribution >= 4 is 12.1 Å². The molecule has 1 unspecified atom stereocenters. The van der Waals surface area contributed by atoms with Crippen LogP contribution in [0.4, 0.5) is 9.59 Å². The van der Waals surface area contributed by atoms with Gasteiger partial charge in [0.05, 0.1) is 0 Å². The number of piperidine rings is 1. The van der Waals surface area contributed by atoms with Gasteiger partial charge in [0.1, 0.15) is 6.61 Å². The van der Waals surface area contributed by atoms with Crippen LogP contribution in [0.15, 0.2) is 0 Å². The second-order valence-corrected chi connectivity index (χ2v) is 6.68. The van der Waals surface area contributed by atoms with Crippen LogP contribution in [-0.2, 0) is 4.74 Å². The molecule has 3 aliphatic heterocycles. The van der Waals surface area contributed by atoms with Crippen LogP contribution in [0.1, 0.15) is 32.1 Å². The largest absolute Gasteiger partial charge is 0.448 e. The van der Waals surface area contributed by atoms with Gasteiger partial charge in [-0.3, -0.25) is 4.90 Å². The Morgan fingerprint density at radius 3 is 2.61 bits per heavy atom. The van der Waals surface area contributed by atoms with Gasteiger partial charge in [0, 0.05) is 45.3 Å². The summed E-state index contributed by atoms with van der Waals surface area (Å²) in [5, 5.41) is 2.83. The van der Waals surface area contributed by atoms with Gasteiger partial charge in [0.2, 0.25) is 0 Å². The summed E-state index contributed by atoms with van der Waals surface area (Å²) in [5.41, 5.74) is 0. The summed E-state index contributed by atoms with van der Waals surface area (Å²) < 4.78 is 5.54. The second kappa shape index (κ2) is 7.86. The van der Waals surface area contributed by atoms with Gasteiger partial charge >= 0.3 is 12.1 Å². The highest BCUT2D eigenvalue weighted by Crippen LogP contribution is 2.18. The Labute approximate surface area is 137 Å². The molecule has 0 aromatic heterocycles. The number of hydrogen-bond donors (Lipinski definition) is 1. The van der Waals surface area contributed by atoms with Gasteiger partial charge in [-0.2, -0.15) is 0 Å². The van der Waals surface area contributed by atoms with E-state index in [2.05, 4.69) is 10.2 Å². The van der Waals surface area contributed by atoms with E-state index < -0.39 is 0 Å². The molecule has 0 saturated carbocycles. The molecule has 0 spiro atoms. The molecule has 3 heterocycles. The lowest BCUT2D eigenvalue weighted by molar-refractivity contribution is 0.0507. The molecule has 1 N–H and O–H groups in total. The lowest BCUT2D eigenvalue weighted by Crippen LogP contribution is -2.47. The quantitative estimate of drug-likeness (QED) is 0.822. The predicted octanol–water partition coefficient (Wildman–Crippen LogP) is 1.10. The Morgan fingerprint density at radius 2 is 1.87 bits per heavy atom. The number of ether oxygens (including phenoxy) is 1. The van der Waals surface area contributed by atoms with Gasteiger partial charge in [0.15, 0.2) is 0 Å². The molecule has 0 bridgehead atoms. The van der Waals surface area contributed by atoms with Crippen molar-refractivity contribution in [3.05, 3.63) is 0 Å². The predicted molar refractivity (Wildman–Crippen MR) is 86.3 cm³/mol. The molecule has 3 saturated heterocycles. The maximum Gasteiger partial charge on any atom is 0.409 e. The van der Waals surface area contributed by atoms with E-state index in [4.69, 9.17) is 4.74 Å². The van der Waals surface area contributed by atoms with Gasteiger partial charge in [-0.15, -0.1) is 0 Å². The van der Waals surface area contributed by atoms with Crippen molar-refractivity contribution < 1.29 is 14.3 Å². The zero-order valence-electron chi connectivity index (χ0n) is 13.8. The Bertz CT molecular complexity index is 426. The third-order valence-corrected chi connectivity index (χ3v) is 5.11. The maximum atomic E-state index is 12.0. The number of hydrogen-bond acceptors (Lipinski definition) is 4. The first-order chi connectivity index (χ1) is 11.2. The molecule has 7 nitrogen and oxygen atoms in total. The molecule has 7 heteroatoms. The number of likely N-dealkylation sites (tertiary alicyclic amines) is 2. The van der Waals surface area contributed by atoms with Crippen molar-refractivity contribution in [1.29, 1.82) is 0 Å². The van der Waals surface area contributed by atoms with Crippen LogP contribution < -0.4 is 5.32 Å². The fourth-order valence-corrected chi connectivity index (χ4v) is 3.68. The topological polar surface area (TPSA) is 65.1 Å². The summed E-state index contributed by atoms with van der Waals surface area (Å²) >= 11 is 0. The average Bonchev–Trinajstić information content (AvgIpc) is 3.23. The van der Waals surface area contributed by atoms with Gasteiger partial charge in [-0.1, -0.05) is 6.42 Å². The van der Waals surface area contributed by atoms with E-state index in [1.807, 2.05) is 9.80 Å². The van der Waals surface area contributed by atoms with Crippen LogP contribution >= 0.6 is 0 Å². The average molecular weight is 324 g/mol. The lowest BCUT2D eigenvalue weighted by atomic mass is 10.0. The Morgan fingerprint density at radius 1 is 1.09 bits per heavy atom. The molecule has 3 aliphatic rings. The fraction of sp³-hybridized carbons (Fsp3) is 0.875. The van der Waals surface area contributed by atoms with Gasteiger partial charge in [-0.25, -0.2) is 9.59 Å². The molecule has 0 aromatic carbocycles. The first-order valence-electron chi connectivity index (χ1n) is 8.92. The normalized spacial score (nSPS) is 25.7. The molecule has 0 radical (unpaired) electrons. The van der Waals surface area contributed by atoms with Gasteiger partial charge in [0.25, 0.3) is 0 Å². The maximum absolute atomic E-state index is 12.0. The van der Waals surface area contributed by atoms with E-state index in [0.29, 0.717) is 12.6 Å². The number of nitrogens with one attached hydrogen (secondary N) is 1. The first-order valence-corrected chi connectivity index (χ1v) is 8.92. The lowest BCUT2D eigenvalue weighted by Gasteiger charge is -2.36. The summed E-state index contributed by atoms with van der Waals surface area (Å²) in [6.45, 7) is 6.32. The Balaban J connectivity index is 1.43. The van der Waals surface area contributed by atoms with Crippen molar-refractivity contribution in [3.63, 3.8) is 0 Å². The van der Waals surface area contributed by atoms with Crippen molar-refractivity contribution in [1.82, 2.24) is 20.0 Å². The summed E-state index contributed by atoms with van der Waals surface area (Å²) in [7, 11) is 0. The van der Waals surface area contributed by atoms with Gasteiger partial charge < -0.3 is 19.9 Å². The molecular formula is C16H28N4O3. The van der Waals surface area contributed by atoms with Crippen LogP contribution in [0.3, 0.4) is 0 Å². The number of carbonyl (C=O) groups is 2. The van der Waals surface area contributed by atoms with E-state index in [1.165, 1.54) is 12.8 Å². The molecule has 0 aliphatic carbocycles. The first kappa shape index (κ1) is 16.4. The molecule has 23 heavy (non-hydrogen) atoms. The van der Waals surface area contributed by atoms with E-state index in [1.54, 1.807) is 0 Å². The Hall–Kier alpha value is -1.50. The minimum Gasteiger partial charge on any atom is -0.448 e. The number of amides is 3. The minimum absolute atomic E-state index is 0.0408. The van der Waals surface area contributed by atoms with Crippen LogP contribution in [0.2, 0.25) is 0 Å². The molecule has 3 amide bonds. The molecule has 3 fully saturated rings. The minimum atomic E-state index is -0.160. The monoisotopic (exact) mass is 324 g/mol. The molecule has 130 valence electrons. The number of urea groups is 1. The summed E-state index contributed by atoms with van der Waals surface area (Å²) in [6.07, 6.45) is 5.45. The van der Waals surface area contributed by atoms with Crippen LogP contribution in [0.5, 0.6) is 0 Å². The summed E-state index contributed by atoms with van der Waals surface area (Å²) in [6, 6.07) is 0.333. The van der Waals surface area contributed by atoms with Crippen molar-refractivity contribution in [2.75, 3.05) is 52.4 Å². The standard InChI is InChI=1S/C16H28N4O3/c21-15-17-6-10-19(15)12-11-18-7-2-1-5-14(18)13-23-16(22)20-8-3-4-9-20/h14H,1-13H2,(H,17,21). The van der Waals surface area contributed by atoms with Crippen LogP contribution in [0.25, 0.3) is 0 Å². The zero-order chi connectivity index (χ0) is 16.1. The van der Waals surface area contributed by atoms with Crippen molar-refractivity contribution in [2.45, 2.75) is 38.1 Å². The van der Waals surface area contributed by atoms with E-state index in [0.717, 1.165) is 65.1 Å². The van der Waals surface area contributed by atoms with E-state index in [9.17, 15) is 9.59 Å². The number of rotatable bonds is 5. The van der Waals surface area contributed by atoms with E-state index in [-0.39, 0.29) is 12.1 Å². The third-order valence-electron chi connectivity index (χ3n) is 5.11. The molecule has 1 atom stereocenters. The third kappa shape index (κ3) is 4.28. The second-order valence-electron chi connectivity index (χ2n) is 6.68.